The fourth-order valence-electron chi connectivity index (χ4n) is 2.89. The minimum absolute atomic E-state index is 0.0441. The first kappa shape index (κ1) is 18.3. The van der Waals surface area contributed by atoms with E-state index >= 15 is 0 Å². The summed E-state index contributed by atoms with van der Waals surface area (Å²) in [7, 11) is 0. The van der Waals surface area contributed by atoms with Crippen LogP contribution >= 0.6 is 11.6 Å². The van der Waals surface area contributed by atoms with Crippen LogP contribution in [0.15, 0.2) is 28.7 Å². The number of halogens is 1. The van der Waals surface area contributed by atoms with Gasteiger partial charge in [-0.1, -0.05) is 24.4 Å². The average molecular weight is 379 g/mol. The number of urea groups is 1. The number of furan rings is 1. The van der Waals surface area contributed by atoms with E-state index in [1.807, 2.05) is 0 Å². The van der Waals surface area contributed by atoms with Crippen LogP contribution in [-0.4, -0.2) is 30.1 Å². The number of carbonyl (C=O) groups is 3. The monoisotopic (exact) mass is 378 g/mol. The van der Waals surface area contributed by atoms with Crippen molar-refractivity contribution in [2.24, 2.45) is 0 Å². The Balaban J connectivity index is 1.55. The number of carbonyl (C=O) groups excluding carboxylic acids is 3. The smallest absolute Gasteiger partial charge is 0.375 e. The summed E-state index contributed by atoms with van der Waals surface area (Å²) in [5.41, 5.74) is 0.481. The molecule has 0 aliphatic heterocycles. The first-order chi connectivity index (χ1) is 12.4. The van der Waals surface area contributed by atoms with Gasteiger partial charge in [-0.2, -0.15) is 0 Å². The maximum atomic E-state index is 12.1. The maximum absolute atomic E-state index is 12.1. The van der Waals surface area contributed by atoms with Crippen molar-refractivity contribution >= 4 is 40.5 Å². The Bertz CT molecular complexity index is 841. The van der Waals surface area contributed by atoms with Crippen molar-refractivity contribution in [2.45, 2.75) is 44.8 Å². The number of hydrogen-bond acceptors (Lipinski definition) is 5. The zero-order valence-electron chi connectivity index (χ0n) is 14.2. The lowest BCUT2D eigenvalue weighted by molar-refractivity contribution is -0.128. The Morgan fingerprint density at radius 1 is 1.23 bits per heavy atom. The van der Waals surface area contributed by atoms with Gasteiger partial charge >= 0.3 is 12.0 Å². The van der Waals surface area contributed by atoms with Crippen LogP contribution in [0.25, 0.3) is 11.0 Å². The number of nitrogens with one attached hydrogen (secondary N) is 2. The van der Waals surface area contributed by atoms with E-state index in [1.54, 1.807) is 18.2 Å². The second-order valence-electron chi connectivity index (χ2n) is 6.28. The van der Waals surface area contributed by atoms with E-state index in [9.17, 15) is 14.4 Å². The first-order valence-corrected chi connectivity index (χ1v) is 8.81. The summed E-state index contributed by atoms with van der Waals surface area (Å²) in [4.78, 5) is 36.0. The van der Waals surface area contributed by atoms with E-state index in [0.717, 1.165) is 25.7 Å². The van der Waals surface area contributed by atoms with Crippen LogP contribution in [0.2, 0.25) is 5.02 Å². The molecule has 0 spiro atoms. The minimum atomic E-state index is -1.14. The van der Waals surface area contributed by atoms with Crippen molar-refractivity contribution < 1.29 is 23.5 Å². The lowest BCUT2D eigenvalue weighted by Crippen LogP contribution is -2.47. The molecule has 0 unspecified atom stereocenters. The number of benzene rings is 1. The third kappa shape index (κ3) is 4.35. The Morgan fingerprint density at radius 3 is 2.69 bits per heavy atom. The van der Waals surface area contributed by atoms with Crippen LogP contribution in [0.5, 0.6) is 0 Å². The second-order valence-corrected chi connectivity index (χ2v) is 6.72. The highest BCUT2D eigenvalue weighted by Gasteiger charge is 2.24. The van der Waals surface area contributed by atoms with Crippen molar-refractivity contribution in [2.75, 3.05) is 0 Å². The molecule has 1 saturated carbocycles. The molecule has 1 aromatic carbocycles. The van der Waals surface area contributed by atoms with Gasteiger partial charge in [-0.3, -0.25) is 10.1 Å². The summed E-state index contributed by atoms with van der Waals surface area (Å²) < 4.78 is 10.5. The molecule has 3 amide bonds. The van der Waals surface area contributed by atoms with Crippen molar-refractivity contribution in [1.29, 1.82) is 0 Å². The standard InChI is InChI=1S/C18H19ClN2O5/c1-10(16(22)21-18(24)20-13-4-2-3-5-13)25-17(23)15-9-11-8-12(19)6-7-14(11)26-15/h6-10,13H,2-5H2,1H3,(H2,20,21,22,24)/t10-/m0/s1. The van der Waals surface area contributed by atoms with E-state index in [2.05, 4.69) is 10.6 Å². The highest BCUT2D eigenvalue weighted by molar-refractivity contribution is 6.31. The summed E-state index contributed by atoms with van der Waals surface area (Å²) in [6, 6.07) is 5.92. The molecular formula is C18H19ClN2O5. The Labute approximate surface area is 155 Å². The molecule has 1 aliphatic carbocycles. The second kappa shape index (κ2) is 7.78. The lowest BCUT2D eigenvalue weighted by Gasteiger charge is -2.15. The summed E-state index contributed by atoms with van der Waals surface area (Å²) in [6.45, 7) is 1.38. The molecule has 2 N–H and O–H groups in total. The van der Waals surface area contributed by atoms with Gasteiger partial charge in [-0.25, -0.2) is 9.59 Å². The Kier molecular flexibility index (Phi) is 5.46. The molecule has 3 rings (SSSR count). The van der Waals surface area contributed by atoms with Gasteiger partial charge in [0.05, 0.1) is 0 Å². The SMILES string of the molecule is C[C@H](OC(=O)c1cc2cc(Cl)ccc2o1)C(=O)NC(=O)NC1CCCC1. The molecule has 26 heavy (non-hydrogen) atoms. The van der Waals surface area contributed by atoms with Gasteiger partial charge in [-0.15, -0.1) is 0 Å². The van der Waals surface area contributed by atoms with Gasteiger partial charge in [0.15, 0.2) is 6.10 Å². The van der Waals surface area contributed by atoms with Crippen molar-refractivity contribution in [1.82, 2.24) is 10.6 Å². The van der Waals surface area contributed by atoms with Crippen LogP contribution in [0, 0.1) is 0 Å². The first-order valence-electron chi connectivity index (χ1n) is 8.44. The van der Waals surface area contributed by atoms with Crippen molar-refractivity contribution in [3.63, 3.8) is 0 Å². The van der Waals surface area contributed by atoms with Gasteiger partial charge in [-0.05, 0) is 44.0 Å². The lowest BCUT2D eigenvalue weighted by atomic mass is 10.2. The van der Waals surface area contributed by atoms with Gasteiger partial charge in [0.1, 0.15) is 5.58 Å². The fourth-order valence-corrected chi connectivity index (χ4v) is 3.07. The molecule has 1 aliphatic rings. The third-order valence-electron chi connectivity index (χ3n) is 4.26. The van der Waals surface area contributed by atoms with Gasteiger partial charge in [0.25, 0.3) is 5.91 Å². The van der Waals surface area contributed by atoms with Gasteiger partial charge in [0, 0.05) is 16.5 Å². The fraction of sp³-hybridized carbons (Fsp3) is 0.389. The quantitative estimate of drug-likeness (QED) is 0.794. The van der Waals surface area contributed by atoms with E-state index in [1.165, 1.54) is 13.0 Å². The highest BCUT2D eigenvalue weighted by Crippen LogP contribution is 2.23. The molecule has 0 bridgehead atoms. The number of fused-ring (bicyclic) bond motifs is 1. The zero-order chi connectivity index (χ0) is 18.7. The van der Waals surface area contributed by atoms with E-state index in [-0.39, 0.29) is 11.8 Å². The summed E-state index contributed by atoms with van der Waals surface area (Å²) in [5.74, 6) is -1.54. The molecule has 2 aromatic rings. The Hall–Kier alpha value is -2.54. The number of rotatable bonds is 4. The molecular weight excluding hydrogens is 360 g/mol. The van der Waals surface area contributed by atoms with Crippen molar-refractivity contribution in [3.05, 3.63) is 35.0 Å². The molecule has 1 fully saturated rings. The summed E-state index contributed by atoms with van der Waals surface area (Å²) in [5, 5.41) is 6.08. The number of esters is 1. The third-order valence-corrected chi connectivity index (χ3v) is 4.49. The average Bonchev–Trinajstić information content (AvgIpc) is 3.23. The predicted octanol–water partition coefficient (Wildman–Crippen LogP) is 3.40. The number of hydrogen-bond donors (Lipinski definition) is 2. The molecule has 1 atom stereocenters. The molecule has 8 heteroatoms. The molecule has 1 aromatic heterocycles. The van der Waals surface area contributed by atoms with Gasteiger partial charge in [0.2, 0.25) is 5.76 Å². The van der Waals surface area contributed by atoms with Crippen LogP contribution in [-0.2, 0) is 9.53 Å². The summed E-state index contributed by atoms with van der Waals surface area (Å²) in [6.07, 6.45) is 2.80. The number of imide groups is 1. The topological polar surface area (TPSA) is 97.6 Å². The normalized spacial score (nSPS) is 15.6. The summed E-state index contributed by atoms with van der Waals surface area (Å²) >= 11 is 5.89. The maximum Gasteiger partial charge on any atom is 0.375 e. The van der Waals surface area contributed by atoms with Crippen LogP contribution in [0.3, 0.4) is 0 Å². The molecule has 138 valence electrons. The van der Waals surface area contributed by atoms with E-state index in [4.69, 9.17) is 20.8 Å². The molecule has 1 heterocycles. The number of ether oxygens (including phenoxy) is 1. The molecule has 0 radical (unpaired) electrons. The highest BCUT2D eigenvalue weighted by atomic mass is 35.5. The van der Waals surface area contributed by atoms with E-state index < -0.39 is 24.0 Å². The number of amides is 3. The van der Waals surface area contributed by atoms with Gasteiger partial charge < -0.3 is 14.5 Å². The Morgan fingerprint density at radius 2 is 1.96 bits per heavy atom. The molecule has 0 saturated heterocycles. The minimum Gasteiger partial charge on any atom is -0.449 e. The van der Waals surface area contributed by atoms with E-state index in [0.29, 0.717) is 16.0 Å². The predicted molar refractivity (Wildman–Crippen MR) is 95.0 cm³/mol. The van der Waals surface area contributed by atoms with Crippen molar-refractivity contribution in [3.8, 4) is 0 Å². The zero-order valence-corrected chi connectivity index (χ0v) is 15.0. The molecule has 7 nitrogen and oxygen atoms in total. The van der Waals surface area contributed by atoms with Crippen LogP contribution < -0.4 is 10.6 Å². The largest absolute Gasteiger partial charge is 0.449 e. The van der Waals surface area contributed by atoms with Crippen LogP contribution in [0.4, 0.5) is 4.79 Å². The van der Waals surface area contributed by atoms with Crippen LogP contribution in [0.1, 0.15) is 43.2 Å².